The molecule has 3 rings (SSSR count). The van der Waals surface area contributed by atoms with Gasteiger partial charge in [-0.3, -0.25) is 0 Å². The second kappa shape index (κ2) is 9.21. The van der Waals surface area contributed by atoms with Crippen LogP contribution in [0.15, 0.2) is 36.4 Å². The van der Waals surface area contributed by atoms with Crippen molar-refractivity contribution in [3.8, 4) is 11.5 Å². The molecule has 0 radical (unpaired) electrons. The van der Waals surface area contributed by atoms with Gasteiger partial charge >= 0.3 is 0 Å². The summed E-state index contributed by atoms with van der Waals surface area (Å²) in [6, 6.07) is 10.3. The standard InChI is InChI=1S/C20H23ClFNO3/c1-24-19-9-2-5-14(11-23-12-15-6-4-10-25-15)20(19)26-13-16-17(21)7-3-8-18(16)22/h2-3,5,7-9,15,23H,4,6,10-13H2,1H3. The molecule has 1 N–H and O–H groups in total. The Kier molecular flexibility index (Phi) is 6.72. The fraction of sp³-hybridized carbons (Fsp3) is 0.400. The van der Waals surface area contributed by atoms with Gasteiger partial charge in [0.1, 0.15) is 12.4 Å². The minimum absolute atomic E-state index is 0.0324. The molecule has 140 valence electrons. The molecule has 1 atom stereocenters. The molecule has 2 aromatic carbocycles. The van der Waals surface area contributed by atoms with E-state index in [2.05, 4.69) is 5.32 Å². The van der Waals surface area contributed by atoms with Crippen LogP contribution in [-0.2, 0) is 17.9 Å². The van der Waals surface area contributed by atoms with Gasteiger partial charge in [-0.05, 0) is 31.0 Å². The zero-order valence-corrected chi connectivity index (χ0v) is 15.5. The van der Waals surface area contributed by atoms with E-state index in [1.807, 2.05) is 18.2 Å². The Morgan fingerprint density at radius 1 is 1.27 bits per heavy atom. The quantitative estimate of drug-likeness (QED) is 0.740. The Hall–Kier alpha value is -1.82. The molecule has 1 aliphatic heterocycles. The highest BCUT2D eigenvalue weighted by molar-refractivity contribution is 6.31. The highest BCUT2D eigenvalue weighted by atomic mass is 35.5. The molecule has 1 unspecified atom stereocenters. The maximum absolute atomic E-state index is 14.0. The van der Waals surface area contributed by atoms with Crippen molar-refractivity contribution in [1.82, 2.24) is 5.32 Å². The molecule has 1 fully saturated rings. The van der Waals surface area contributed by atoms with Crippen LogP contribution < -0.4 is 14.8 Å². The lowest BCUT2D eigenvalue weighted by Gasteiger charge is -2.17. The molecule has 26 heavy (non-hydrogen) atoms. The first-order valence-corrected chi connectivity index (χ1v) is 9.10. The van der Waals surface area contributed by atoms with Crippen LogP contribution in [-0.4, -0.2) is 26.4 Å². The van der Waals surface area contributed by atoms with E-state index in [1.54, 1.807) is 19.2 Å². The first-order chi connectivity index (χ1) is 12.7. The second-order valence-corrected chi connectivity index (χ2v) is 6.61. The Balaban J connectivity index is 1.69. The summed E-state index contributed by atoms with van der Waals surface area (Å²) in [7, 11) is 1.59. The molecule has 0 bridgehead atoms. The lowest BCUT2D eigenvalue weighted by molar-refractivity contribution is 0.110. The lowest BCUT2D eigenvalue weighted by atomic mass is 10.1. The van der Waals surface area contributed by atoms with Gasteiger partial charge in [0.05, 0.1) is 18.2 Å². The molecule has 0 saturated carbocycles. The van der Waals surface area contributed by atoms with Gasteiger partial charge in [-0.15, -0.1) is 0 Å². The average Bonchev–Trinajstić information content (AvgIpc) is 3.15. The van der Waals surface area contributed by atoms with Crippen LogP contribution in [0.25, 0.3) is 0 Å². The summed E-state index contributed by atoms with van der Waals surface area (Å²) in [5.41, 5.74) is 1.27. The van der Waals surface area contributed by atoms with Crippen molar-refractivity contribution in [2.24, 2.45) is 0 Å². The third-order valence-corrected chi connectivity index (χ3v) is 4.77. The third kappa shape index (κ3) is 4.67. The number of hydrogen-bond donors (Lipinski definition) is 1. The van der Waals surface area contributed by atoms with Crippen molar-refractivity contribution in [3.05, 3.63) is 58.4 Å². The summed E-state index contributed by atoms with van der Waals surface area (Å²) in [4.78, 5) is 0. The van der Waals surface area contributed by atoms with E-state index in [4.69, 9.17) is 25.8 Å². The summed E-state index contributed by atoms with van der Waals surface area (Å²) < 4.78 is 30.9. The maximum Gasteiger partial charge on any atom is 0.166 e. The molecule has 1 aliphatic rings. The zero-order valence-electron chi connectivity index (χ0n) is 14.8. The van der Waals surface area contributed by atoms with Crippen LogP contribution in [0.4, 0.5) is 4.39 Å². The number of hydrogen-bond acceptors (Lipinski definition) is 4. The molecule has 6 heteroatoms. The minimum atomic E-state index is -0.384. The van der Waals surface area contributed by atoms with Crippen molar-refractivity contribution in [2.75, 3.05) is 20.3 Å². The SMILES string of the molecule is COc1cccc(CNCC2CCCO2)c1OCc1c(F)cccc1Cl. The zero-order chi connectivity index (χ0) is 18.4. The minimum Gasteiger partial charge on any atom is -0.493 e. The highest BCUT2D eigenvalue weighted by Crippen LogP contribution is 2.32. The topological polar surface area (TPSA) is 39.7 Å². The summed E-state index contributed by atoms with van der Waals surface area (Å²) >= 11 is 6.09. The van der Waals surface area contributed by atoms with Crippen molar-refractivity contribution in [3.63, 3.8) is 0 Å². The predicted octanol–water partition coefficient (Wildman–Crippen LogP) is 4.34. The molecule has 0 aromatic heterocycles. The van der Waals surface area contributed by atoms with Gasteiger partial charge in [0.2, 0.25) is 0 Å². The van der Waals surface area contributed by atoms with E-state index < -0.39 is 0 Å². The van der Waals surface area contributed by atoms with Crippen molar-refractivity contribution >= 4 is 11.6 Å². The molecule has 1 heterocycles. The van der Waals surface area contributed by atoms with Crippen LogP contribution in [0.3, 0.4) is 0 Å². The molecular formula is C20H23ClFNO3. The molecule has 0 amide bonds. The largest absolute Gasteiger partial charge is 0.493 e. The summed E-state index contributed by atoms with van der Waals surface area (Å²) in [5, 5.41) is 3.74. The summed E-state index contributed by atoms with van der Waals surface area (Å²) in [6.45, 7) is 2.26. The van der Waals surface area contributed by atoms with Crippen LogP contribution in [0, 0.1) is 5.82 Å². The van der Waals surface area contributed by atoms with Gasteiger partial charge in [0, 0.05) is 30.8 Å². The Morgan fingerprint density at radius 3 is 2.85 bits per heavy atom. The highest BCUT2D eigenvalue weighted by Gasteiger charge is 2.17. The average molecular weight is 380 g/mol. The number of ether oxygens (including phenoxy) is 3. The molecule has 1 saturated heterocycles. The molecular weight excluding hydrogens is 357 g/mol. The number of methoxy groups -OCH3 is 1. The molecule has 0 aliphatic carbocycles. The maximum atomic E-state index is 14.0. The van der Waals surface area contributed by atoms with E-state index in [-0.39, 0.29) is 18.5 Å². The van der Waals surface area contributed by atoms with Crippen LogP contribution in [0.5, 0.6) is 11.5 Å². The fourth-order valence-electron chi connectivity index (χ4n) is 3.01. The number of para-hydroxylation sites is 1. The van der Waals surface area contributed by atoms with Crippen molar-refractivity contribution in [1.29, 1.82) is 0 Å². The number of benzene rings is 2. The fourth-order valence-corrected chi connectivity index (χ4v) is 3.23. The van der Waals surface area contributed by atoms with Gasteiger partial charge in [0.25, 0.3) is 0 Å². The van der Waals surface area contributed by atoms with Gasteiger partial charge in [0.15, 0.2) is 11.5 Å². The van der Waals surface area contributed by atoms with Crippen LogP contribution in [0.2, 0.25) is 5.02 Å². The summed E-state index contributed by atoms with van der Waals surface area (Å²) in [6.07, 6.45) is 2.46. The van der Waals surface area contributed by atoms with Gasteiger partial charge in [-0.2, -0.15) is 0 Å². The lowest BCUT2D eigenvalue weighted by Crippen LogP contribution is -2.26. The van der Waals surface area contributed by atoms with E-state index in [1.165, 1.54) is 6.07 Å². The second-order valence-electron chi connectivity index (χ2n) is 6.20. The van der Waals surface area contributed by atoms with Gasteiger partial charge in [-0.25, -0.2) is 4.39 Å². The molecule has 4 nitrogen and oxygen atoms in total. The van der Waals surface area contributed by atoms with E-state index in [0.29, 0.717) is 28.6 Å². The van der Waals surface area contributed by atoms with E-state index >= 15 is 0 Å². The Morgan fingerprint density at radius 2 is 2.12 bits per heavy atom. The number of halogens is 2. The van der Waals surface area contributed by atoms with Gasteiger partial charge < -0.3 is 19.5 Å². The number of rotatable bonds is 8. The predicted molar refractivity (Wildman–Crippen MR) is 99.4 cm³/mol. The van der Waals surface area contributed by atoms with E-state index in [0.717, 1.165) is 31.6 Å². The summed E-state index contributed by atoms with van der Waals surface area (Å²) in [5.74, 6) is 0.813. The molecule has 0 spiro atoms. The van der Waals surface area contributed by atoms with Crippen molar-refractivity contribution in [2.45, 2.75) is 32.1 Å². The van der Waals surface area contributed by atoms with Gasteiger partial charge in [-0.1, -0.05) is 29.8 Å². The van der Waals surface area contributed by atoms with E-state index in [9.17, 15) is 4.39 Å². The normalized spacial score (nSPS) is 16.7. The Labute approximate surface area is 158 Å². The third-order valence-electron chi connectivity index (χ3n) is 4.41. The smallest absolute Gasteiger partial charge is 0.166 e. The molecule has 2 aromatic rings. The van der Waals surface area contributed by atoms with Crippen LogP contribution >= 0.6 is 11.6 Å². The van der Waals surface area contributed by atoms with Crippen LogP contribution in [0.1, 0.15) is 24.0 Å². The first-order valence-electron chi connectivity index (χ1n) is 8.73. The Bertz CT molecular complexity index is 715. The first kappa shape index (κ1) is 19.0. The van der Waals surface area contributed by atoms with Crippen molar-refractivity contribution < 1.29 is 18.6 Å². The number of nitrogens with one attached hydrogen (secondary N) is 1. The monoisotopic (exact) mass is 379 g/mol.